The molecule has 0 unspecified atom stereocenters. The molecule has 2 aromatic heterocycles. The number of ether oxygens (including phenoxy) is 1. The summed E-state index contributed by atoms with van der Waals surface area (Å²) < 4.78 is 5.50. The van der Waals surface area contributed by atoms with Crippen molar-refractivity contribution in [2.24, 2.45) is 0 Å². The van der Waals surface area contributed by atoms with Crippen LogP contribution in [0, 0.1) is 6.92 Å². The van der Waals surface area contributed by atoms with Gasteiger partial charge in [0, 0.05) is 38.4 Å². The Morgan fingerprint density at radius 2 is 2.28 bits per heavy atom. The largest absolute Gasteiger partial charge is 0.395 e. The number of aryl methyl sites for hydroxylation is 1. The highest BCUT2D eigenvalue weighted by molar-refractivity contribution is 5.46. The number of anilines is 2. The molecule has 25 heavy (non-hydrogen) atoms. The van der Waals surface area contributed by atoms with Crippen LogP contribution in [0.25, 0.3) is 0 Å². The fourth-order valence-corrected chi connectivity index (χ4v) is 2.86. The molecule has 0 amide bonds. The van der Waals surface area contributed by atoms with E-state index < -0.39 is 0 Å². The number of aliphatic hydroxyl groups is 1. The first-order valence-electron chi connectivity index (χ1n) is 8.60. The van der Waals surface area contributed by atoms with Crippen molar-refractivity contribution in [2.75, 3.05) is 43.6 Å². The molecule has 1 aliphatic rings. The second-order valence-electron chi connectivity index (χ2n) is 6.31. The van der Waals surface area contributed by atoms with Gasteiger partial charge in [-0.3, -0.25) is 4.98 Å². The summed E-state index contributed by atoms with van der Waals surface area (Å²) in [7, 11) is 2.00. The van der Waals surface area contributed by atoms with E-state index in [1.165, 1.54) is 0 Å². The van der Waals surface area contributed by atoms with E-state index in [-0.39, 0.29) is 6.61 Å². The predicted octanol–water partition coefficient (Wildman–Crippen LogP) is 1.72. The molecule has 1 atom stereocenters. The minimum Gasteiger partial charge on any atom is -0.395 e. The Labute approximate surface area is 148 Å². The monoisotopic (exact) mass is 343 g/mol. The molecule has 7 heteroatoms. The van der Waals surface area contributed by atoms with Crippen LogP contribution in [0.4, 0.5) is 11.8 Å². The fourth-order valence-electron chi connectivity index (χ4n) is 2.86. The molecule has 0 spiro atoms. The number of pyridine rings is 1. The van der Waals surface area contributed by atoms with E-state index >= 15 is 0 Å². The zero-order chi connectivity index (χ0) is 17.6. The first-order chi connectivity index (χ1) is 12.2. The predicted molar refractivity (Wildman–Crippen MR) is 96.9 cm³/mol. The lowest BCUT2D eigenvalue weighted by atomic mass is 10.0. The summed E-state index contributed by atoms with van der Waals surface area (Å²) in [5.41, 5.74) is 3.17. The molecular formula is C18H25N5O2. The van der Waals surface area contributed by atoms with Crippen molar-refractivity contribution in [1.82, 2.24) is 15.0 Å². The van der Waals surface area contributed by atoms with E-state index in [4.69, 9.17) is 9.84 Å². The van der Waals surface area contributed by atoms with Crippen LogP contribution in [-0.4, -0.2) is 53.5 Å². The number of nitrogens with zero attached hydrogens (tertiary/aromatic N) is 4. The number of aromatic nitrogens is 3. The third-order valence-electron chi connectivity index (χ3n) is 4.37. The normalized spacial score (nSPS) is 16.8. The summed E-state index contributed by atoms with van der Waals surface area (Å²) in [6.07, 6.45) is 2.78. The second kappa shape index (κ2) is 8.22. The molecule has 3 heterocycles. The molecule has 0 aromatic carbocycles. The van der Waals surface area contributed by atoms with Crippen LogP contribution in [0.3, 0.4) is 0 Å². The molecule has 0 aliphatic carbocycles. The third-order valence-corrected chi connectivity index (χ3v) is 4.37. The van der Waals surface area contributed by atoms with Gasteiger partial charge in [0.25, 0.3) is 0 Å². The minimum absolute atomic E-state index is 0.0401. The van der Waals surface area contributed by atoms with Gasteiger partial charge >= 0.3 is 0 Å². The fraction of sp³-hybridized carbons (Fsp3) is 0.500. The van der Waals surface area contributed by atoms with Crippen molar-refractivity contribution in [1.29, 1.82) is 0 Å². The van der Waals surface area contributed by atoms with Crippen LogP contribution in [0.1, 0.15) is 29.3 Å². The van der Waals surface area contributed by atoms with Gasteiger partial charge in [-0.05, 0) is 25.0 Å². The Bertz CT molecular complexity index is 704. The third kappa shape index (κ3) is 4.43. The molecule has 0 radical (unpaired) electrons. The van der Waals surface area contributed by atoms with E-state index in [1.54, 1.807) is 0 Å². The standard InChI is InChI=1S/C18H25N5O2/c1-13-4-3-6-19-16(13)11-23(2)17-10-15(14-5-9-25-12-14)21-18(22-17)20-7-8-24/h3-4,6,10,14,24H,5,7-9,11-12H2,1-2H3,(H,20,21,22)/t14-/m0/s1. The lowest BCUT2D eigenvalue weighted by Crippen LogP contribution is -2.21. The molecular weight excluding hydrogens is 318 g/mol. The Hall–Kier alpha value is -2.25. The first-order valence-corrected chi connectivity index (χ1v) is 8.60. The van der Waals surface area contributed by atoms with Gasteiger partial charge in [0.2, 0.25) is 5.95 Å². The van der Waals surface area contributed by atoms with E-state index in [0.29, 0.717) is 31.6 Å². The average Bonchev–Trinajstić information content (AvgIpc) is 3.16. The lowest BCUT2D eigenvalue weighted by Gasteiger charge is -2.21. The summed E-state index contributed by atoms with van der Waals surface area (Å²) in [6.45, 7) is 4.66. The van der Waals surface area contributed by atoms with Crippen molar-refractivity contribution < 1.29 is 9.84 Å². The summed E-state index contributed by atoms with van der Waals surface area (Å²) >= 11 is 0. The minimum atomic E-state index is 0.0401. The Morgan fingerprint density at radius 1 is 1.40 bits per heavy atom. The van der Waals surface area contributed by atoms with Gasteiger partial charge in [-0.15, -0.1) is 0 Å². The maximum absolute atomic E-state index is 9.06. The lowest BCUT2D eigenvalue weighted by molar-refractivity contribution is 0.193. The number of rotatable bonds is 7. The summed E-state index contributed by atoms with van der Waals surface area (Å²) in [6, 6.07) is 6.03. The van der Waals surface area contributed by atoms with Crippen molar-refractivity contribution in [2.45, 2.75) is 25.8 Å². The quantitative estimate of drug-likeness (QED) is 0.792. The number of aliphatic hydroxyl groups excluding tert-OH is 1. The number of hydrogen-bond donors (Lipinski definition) is 2. The topological polar surface area (TPSA) is 83.4 Å². The number of nitrogens with one attached hydrogen (secondary N) is 1. The average molecular weight is 343 g/mol. The molecule has 1 saturated heterocycles. The highest BCUT2D eigenvalue weighted by Gasteiger charge is 2.21. The summed E-state index contributed by atoms with van der Waals surface area (Å²) in [5.74, 6) is 1.67. The Balaban J connectivity index is 1.84. The summed E-state index contributed by atoms with van der Waals surface area (Å²) in [4.78, 5) is 15.7. The molecule has 134 valence electrons. The zero-order valence-corrected chi connectivity index (χ0v) is 14.8. The van der Waals surface area contributed by atoms with Crippen LogP contribution < -0.4 is 10.2 Å². The molecule has 3 rings (SSSR count). The Kier molecular flexibility index (Phi) is 5.78. The van der Waals surface area contributed by atoms with Crippen molar-refractivity contribution >= 4 is 11.8 Å². The van der Waals surface area contributed by atoms with Gasteiger partial charge in [0.05, 0.1) is 31.1 Å². The van der Waals surface area contributed by atoms with Crippen LogP contribution >= 0.6 is 0 Å². The van der Waals surface area contributed by atoms with Gasteiger partial charge in [-0.1, -0.05) is 6.07 Å². The van der Waals surface area contributed by atoms with Crippen molar-refractivity contribution in [3.63, 3.8) is 0 Å². The molecule has 1 fully saturated rings. The maximum atomic E-state index is 9.06. The summed E-state index contributed by atoms with van der Waals surface area (Å²) in [5, 5.41) is 12.1. The van der Waals surface area contributed by atoms with Gasteiger partial charge in [-0.25, -0.2) is 4.98 Å². The van der Waals surface area contributed by atoms with Crippen LogP contribution in [0.2, 0.25) is 0 Å². The van der Waals surface area contributed by atoms with Crippen molar-refractivity contribution in [3.8, 4) is 0 Å². The van der Waals surface area contributed by atoms with E-state index in [0.717, 1.165) is 35.8 Å². The molecule has 0 bridgehead atoms. The molecule has 0 saturated carbocycles. The zero-order valence-electron chi connectivity index (χ0n) is 14.8. The molecule has 2 N–H and O–H groups in total. The van der Waals surface area contributed by atoms with E-state index in [2.05, 4.69) is 38.2 Å². The van der Waals surface area contributed by atoms with Crippen molar-refractivity contribution in [3.05, 3.63) is 41.3 Å². The molecule has 2 aromatic rings. The highest BCUT2D eigenvalue weighted by Crippen LogP contribution is 2.27. The van der Waals surface area contributed by atoms with E-state index in [9.17, 15) is 0 Å². The van der Waals surface area contributed by atoms with Gasteiger partial charge in [0.1, 0.15) is 5.82 Å². The van der Waals surface area contributed by atoms with Crippen LogP contribution in [0.15, 0.2) is 24.4 Å². The first kappa shape index (κ1) is 17.6. The Morgan fingerprint density at radius 3 is 3.00 bits per heavy atom. The molecule has 7 nitrogen and oxygen atoms in total. The molecule has 1 aliphatic heterocycles. The SMILES string of the molecule is Cc1cccnc1CN(C)c1cc([C@H]2CCOC2)nc(NCCO)n1. The van der Waals surface area contributed by atoms with Crippen LogP contribution in [0.5, 0.6) is 0 Å². The smallest absolute Gasteiger partial charge is 0.224 e. The number of hydrogen-bond acceptors (Lipinski definition) is 7. The maximum Gasteiger partial charge on any atom is 0.224 e. The van der Waals surface area contributed by atoms with Gasteiger partial charge in [-0.2, -0.15) is 4.98 Å². The van der Waals surface area contributed by atoms with Gasteiger partial charge < -0.3 is 20.1 Å². The van der Waals surface area contributed by atoms with E-state index in [1.807, 2.05) is 25.4 Å². The van der Waals surface area contributed by atoms with Crippen LogP contribution in [-0.2, 0) is 11.3 Å². The second-order valence-corrected chi connectivity index (χ2v) is 6.31. The van der Waals surface area contributed by atoms with Gasteiger partial charge in [0.15, 0.2) is 0 Å². The highest BCUT2D eigenvalue weighted by atomic mass is 16.5.